The van der Waals surface area contributed by atoms with Crippen molar-refractivity contribution in [3.63, 3.8) is 0 Å². The SMILES string of the molecule is C[C@@H](NCCC1CC(c2ccccc2C(=O)O)c2ccccc2O1)c1cccc2ccccc12.Cl. The molecule has 1 aliphatic heterocycles. The molecule has 4 aromatic rings. The molecule has 4 nitrogen and oxygen atoms in total. The number of carboxylic acid groups (broad SMARTS) is 1. The molecule has 0 aliphatic carbocycles. The maximum Gasteiger partial charge on any atom is 0.335 e. The monoisotopic (exact) mass is 487 g/mol. The molecule has 0 fully saturated rings. The number of ether oxygens (including phenoxy) is 1. The number of aromatic carboxylic acids is 1. The fourth-order valence-corrected chi connectivity index (χ4v) is 5.16. The average molecular weight is 488 g/mol. The normalized spacial score (nSPS) is 17.6. The van der Waals surface area contributed by atoms with E-state index in [4.69, 9.17) is 4.74 Å². The number of rotatable bonds is 7. The molecule has 2 N–H and O–H groups in total. The van der Waals surface area contributed by atoms with Crippen LogP contribution in [0.25, 0.3) is 10.8 Å². The summed E-state index contributed by atoms with van der Waals surface area (Å²) < 4.78 is 6.35. The molecular formula is C30H30ClNO3. The van der Waals surface area contributed by atoms with Gasteiger partial charge < -0.3 is 15.2 Å². The van der Waals surface area contributed by atoms with Gasteiger partial charge in [-0.1, -0.05) is 78.9 Å². The van der Waals surface area contributed by atoms with E-state index in [1.165, 1.54) is 16.3 Å². The van der Waals surface area contributed by atoms with Gasteiger partial charge in [-0.15, -0.1) is 12.4 Å². The third kappa shape index (κ3) is 5.19. The summed E-state index contributed by atoms with van der Waals surface area (Å²) in [4.78, 5) is 11.9. The van der Waals surface area contributed by atoms with E-state index in [2.05, 4.69) is 60.8 Å². The second-order valence-electron chi connectivity index (χ2n) is 8.99. The lowest BCUT2D eigenvalue weighted by Crippen LogP contribution is -2.31. The first-order valence-electron chi connectivity index (χ1n) is 11.9. The van der Waals surface area contributed by atoms with Gasteiger partial charge in [0.2, 0.25) is 0 Å². The van der Waals surface area contributed by atoms with Crippen LogP contribution in [0, 0.1) is 0 Å². The fourth-order valence-electron chi connectivity index (χ4n) is 5.16. The van der Waals surface area contributed by atoms with Gasteiger partial charge >= 0.3 is 5.97 Å². The number of hydrogen-bond donors (Lipinski definition) is 2. The van der Waals surface area contributed by atoms with E-state index >= 15 is 0 Å². The molecule has 180 valence electrons. The number of halogens is 1. The molecule has 5 heteroatoms. The van der Waals surface area contributed by atoms with E-state index in [1.54, 1.807) is 12.1 Å². The van der Waals surface area contributed by atoms with Crippen molar-refractivity contribution in [2.24, 2.45) is 0 Å². The van der Waals surface area contributed by atoms with Crippen LogP contribution in [0.15, 0.2) is 91.0 Å². The van der Waals surface area contributed by atoms with Crippen molar-refractivity contribution in [2.45, 2.75) is 37.8 Å². The molecule has 0 saturated carbocycles. The average Bonchev–Trinajstić information content (AvgIpc) is 2.87. The molecule has 0 amide bonds. The summed E-state index contributed by atoms with van der Waals surface area (Å²) in [6.45, 7) is 3.01. The van der Waals surface area contributed by atoms with Crippen molar-refractivity contribution in [2.75, 3.05) is 6.54 Å². The van der Waals surface area contributed by atoms with Crippen LogP contribution in [0.3, 0.4) is 0 Å². The van der Waals surface area contributed by atoms with Crippen molar-refractivity contribution in [1.82, 2.24) is 5.32 Å². The highest BCUT2D eigenvalue weighted by Gasteiger charge is 2.31. The smallest absolute Gasteiger partial charge is 0.335 e. The molecule has 0 radical (unpaired) electrons. The lowest BCUT2D eigenvalue weighted by molar-refractivity contribution is 0.0694. The first-order chi connectivity index (χ1) is 16.6. The summed E-state index contributed by atoms with van der Waals surface area (Å²) in [6, 6.07) is 30.5. The summed E-state index contributed by atoms with van der Waals surface area (Å²) in [7, 11) is 0. The first-order valence-corrected chi connectivity index (χ1v) is 11.9. The highest BCUT2D eigenvalue weighted by Crippen LogP contribution is 2.42. The van der Waals surface area contributed by atoms with Crippen molar-refractivity contribution in [3.8, 4) is 5.75 Å². The van der Waals surface area contributed by atoms with Crippen LogP contribution < -0.4 is 10.1 Å². The third-order valence-corrected chi connectivity index (χ3v) is 6.86. The largest absolute Gasteiger partial charge is 0.490 e. The number of carbonyl (C=O) groups is 1. The zero-order valence-electron chi connectivity index (χ0n) is 19.7. The van der Waals surface area contributed by atoms with Gasteiger partial charge in [-0.25, -0.2) is 4.79 Å². The van der Waals surface area contributed by atoms with Crippen molar-refractivity contribution >= 4 is 29.1 Å². The Hall–Kier alpha value is -3.34. The molecule has 0 aromatic heterocycles. The number of fused-ring (bicyclic) bond motifs is 2. The Morgan fingerprint density at radius 1 is 0.943 bits per heavy atom. The Morgan fingerprint density at radius 3 is 2.46 bits per heavy atom. The third-order valence-electron chi connectivity index (χ3n) is 6.86. The highest BCUT2D eigenvalue weighted by atomic mass is 35.5. The molecule has 4 aromatic carbocycles. The van der Waals surface area contributed by atoms with Crippen molar-refractivity contribution < 1.29 is 14.6 Å². The quantitative estimate of drug-likeness (QED) is 0.295. The van der Waals surface area contributed by atoms with Crippen LogP contribution in [0.5, 0.6) is 5.75 Å². The minimum Gasteiger partial charge on any atom is -0.490 e. The predicted molar refractivity (Wildman–Crippen MR) is 143 cm³/mol. The molecule has 5 rings (SSSR count). The highest BCUT2D eigenvalue weighted by molar-refractivity contribution is 5.90. The number of hydrogen-bond acceptors (Lipinski definition) is 3. The van der Waals surface area contributed by atoms with Crippen LogP contribution in [0.4, 0.5) is 0 Å². The molecular weight excluding hydrogens is 458 g/mol. The van der Waals surface area contributed by atoms with Gasteiger partial charge in [-0.2, -0.15) is 0 Å². The van der Waals surface area contributed by atoms with E-state index in [1.807, 2.05) is 30.3 Å². The first kappa shape index (κ1) is 24.8. The number of benzene rings is 4. The Kier molecular flexibility index (Phi) is 7.74. The molecule has 0 saturated heterocycles. The molecule has 1 heterocycles. The molecule has 0 bridgehead atoms. The van der Waals surface area contributed by atoms with Crippen LogP contribution in [0.2, 0.25) is 0 Å². The van der Waals surface area contributed by atoms with Gasteiger partial charge in [0.05, 0.1) is 5.56 Å². The minimum absolute atomic E-state index is 0. The second kappa shape index (κ2) is 10.9. The lowest BCUT2D eigenvalue weighted by atomic mass is 9.81. The fraction of sp³-hybridized carbons (Fsp3) is 0.233. The molecule has 3 atom stereocenters. The van der Waals surface area contributed by atoms with Crippen molar-refractivity contribution in [3.05, 3.63) is 113 Å². The number of para-hydroxylation sites is 1. The number of nitrogens with one attached hydrogen (secondary N) is 1. The van der Waals surface area contributed by atoms with Crippen LogP contribution in [-0.2, 0) is 0 Å². The van der Waals surface area contributed by atoms with E-state index in [-0.39, 0.29) is 30.5 Å². The van der Waals surface area contributed by atoms with Gasteiger partial charge in [-0.05, 0) is 60.3 Å². The van der Waals surface area contributed by atoms with E-state index in [0.29, 0.717) is 5.56 Å². The molecule has 0 spiro atoms. The van der Waals surface area contributed by atoms with Crippen LogP contribution >= 0.6 is 12.4 Å². The Bertz CT molecular complexity index is 1320. The molecule has 2 unspecified atom stereocenters. The summed E-state index contributed by atoms with van der Waals surface area (Å²) >= 11 is 0. The van der Waals surface area contributed by atoms with Gasteiger partial charge in [0.1, 0.15) is 11.9 Å². The van der Waals surface area contributed by atoms with E-state index in [0.717, 1.165) is 36.3 Å². The molecule has 1 aliphatic rings. The van der Waals surface area contributed by atoms with Gasteiger partial charge in [0.25, 0.3) is 0 Å². The topological polar surface area (TPSA) is 58.6 Å². The molecule has 35 heavy (non-hydrogen) atoms. The Balaban J connectivity index is 0.00000289. The standard InChI is InChI=1S/C30H29NO3.ClH/c1-20(23-15-8-10-21-9-2-3-11-24(21)23)31-18-17-22-19-28(26-13-6-7-16-29(26)34-22)25-12-4-5-14-27(25)30(32)33;/h2-16,20,22,28,31H,17-19H2,1H3,(H,32,33);1H/t20-,22?,28?;/m1./s1. The summed E-state index contributed by atoms with van der Waals surface area (Å²) in [6.07, 6.45) is 1.61. The minimum atomic E-state index is -0.887. The maximum absolute atomic E-state index is 11.9. The number of carboxylic acids is 1. The second-order valence-corrected chi connectivity index (χ2v) is 8.99. The predicted octanol–water partition coefficient (Wildman–Crippen LogP) is 6.98. The van der Waals surface area contributed by atoms with Gasteiger partial charge in [0.15, 0.2) is 0 Å². The lowest BCUT2D eigenvalue weighted by Gasteiger charge is -2.33. The van der Waals surface area contributed by atoms with Gasteiger partial charge in [-0.3, -0.25) is 0 Å². The summed E-state index contributed by atoms with van der Waals surface area (Å²) in [5, 5.41) is 16.0. The zero-order valence-corrected chi connectivity index (χ0v) is 20.5. The van der Waals surface area contributed by atoms with Crippen molar-refractivity contribution in [1.29, 1.82) is 0 Å². The zero-order chi connectivity index (χ0) is 23.5. The van der Waals surface area contributed by atoms with E-state index < -0.39 is 5.97 Å². The summed E-state index contributed by atoms with van der Waals surface area (Å²) in [5.74, 6) is -0.0366. The Morgan fingerprint density at radius 2 is 1.63 bits per heavy atom. The Labute approximate surface area is 212 Å². The summed E-state index contributed by atoms with van der Waals surface area (Å²) in [5.41, 5.74) is 3.57. The van der Waals surface area contributed by atoms with E-state index in [9.17, 15) is 9.90 Å². The van der Waals surface area contributed by atoms with Crippen LogP contribution in [0.1, 0.15) is 58.8 Å². The van der Waals surface area contributed by atoms with Gasteiger partial charge in [0, 0.05) is 17.5 Å². The maximum atomic E-state index is 11.9. The van der Waals surface area contributed by atoms with Crippen LogP contribution in [-0.4, -0.2) is 23.7 Å².